The monoisotopic (exact) mass is 346 g/mol. The predicted octanol–water partition coefficient (Wildman–Crippen LogP) is 1.87. The average molecular weight is 346 g/mol. The van der Waals surface area contributed by atoms with Crippen LogP contribution in [-0.2, 0) is 23.3 Å². The molecule has 0 fully saturated rings. The van der Waals surface area contributed by atoms with E-state index in [4.69, 9.17) is 15.2 Å². The van der Waals surface area contributed by atoms with Gasteiger partial charge in [-0.05, 0) is 17.7 Å². The van der Waals surface area contributed by atoms with Crippen molar-refractivity contribution in [2.75, 3.05) is 13.7 Å². The molecule has 0 saturated carbocycles. The van der Waals surface area contributed by atoms with Crippen molar-refractivity contribution < 1.29 is 14.3 Å². The van der Waals surface area contributed by atoms with Gasteiger partial charge in [-0.1, -0.05) is 26.8 Å². The van der Waals surface area contributed by atoms with Crippen LogP contribution in [0, 0.1) is 0 Å². The minimum Gasteiger partial charge on any atom is -0.493 e. The Hall–Kier alpha value is -2.54. The number of aromatic nitrogens is 2. The Bertz CT molecular complexity index is 719. The number of nitrogens with two attached hydrogens (primary N) is 1. The number of primary amides is 1. The molecule has 1 amide bonds. The van der Waals surface area contributed by atoms with Gasteiger partial charge in [0.2, 0.25) is 0 Å². The van der Waals surface area contributed by atoms with Gasteiger partial charge in [-0.3, -0.25) is 9.89 Å². The summed E-state index contributed by atoms with van der Waals surface area (Å²) >= 11 is 0. The fourth-order valence-electron chi connectivity index (χ4n) is 2.53. The van der Waals surface area contributed by atoms with Crippen LogP contribution in [0.1, 0.15) is 37.6 Å². The summed E-state index contributed by atoms with van der Waals surface area (Å²) in [7, 11) is 1.56. The number of ether oxygens (including phenoxy) is 2. The molecule has 0 spiro atoms. The molecule has 1 aromatic carbocycles. The number of amides is 1. The predicted molar refractivity (Wildman–Crippen MR) is 95.5 cm³/mol. The van der Waals surface area contributed by atoms with Crippen LogP contribution < -0.4 is 20.5 Å². The molecule has 0 radical (unpaired) electrons. The quantitative estimate of drug-likeness (QED) is 0.677. The molecule has 1 heterocycles. The second-order valence-corrected chi connectivity index (χ2v) is 6.86. The lowest BCUT2D eigenvalue weighted by molar-refractivity contribution is -0.119. The Morgan fingerprint density at radius 3 is 2.68 bits per heavy atom. The first-order chi connectivity index (χ1) is 11.8. The second kappa shape index (κ2) is 8.02. The van der Waals surface area contributed by atoms with Gasteiger partial charge < -0.3 is 20.5 Å². The molecule has 0 bridgehead atoms. The summed E-state index contributed by atoms with van der Waals surface area (Å²) in [6.07, 6.45) is 1.86. The molecule has 2 aromatic rings. The first-order valence-electron chi connectivity index (χ1n) is 8.12. The molecule has 0 atom stereocenters. The van der Waals surface area contributed by atoms with Gasteiger partial charge in [-0.2, -0.15) is 5.10 Å². The van der Waals surface area contributed by atoms with Crippen LogP contribution in [0.3, 0.4) is 0 Å². The van der Waals surface area contributed by atoms with Crippen molar-refractivity contribution in [2.24, 2.45) is 5.73 Å². The summed E-state index contributed by atoms with van der Waals surface area (Å²) in [5, 5.41) is 10.6. The average Bonchev–Trinajstić information content (AvgIpc) is 3.02. The zero-order chi connectivity index (χ0) is 18.4. The Kier molecular flexibility index (Phi) is 6.03. The van der Waals surface area contributed by atoms with E-state index in [2.05, 4.69) is 36.3 Å². The summed E-state index contributed by atoms with van der Waals surface area (Å²) in [5.74, 6) is 0.539. The number of benzene rings is 1. The third-order valence-electron chi connectivity index (χ3n) is 3.71. The number of nitrogens with zero attached hydrogens (tertiary/aromatic N) is 1. The van der Waals surface area contributed by atoms with E-state index in [-0.39, 0.29) is 12.0 Å². The summed E-state index contributed by atoms with van der Waals surface area (Å²) < 4.78 is 10.6. The summed E-state index contributed by atoms with van der Waals surface area (Å²) in [4.78, 5) is 10.8. The molecule has 0 unspecified atom stereocenters. The number of rotatable bonds is 8. The van der Waals surface area contributed by atoms with Gasteiger partial charge >= 0.3 is 0 Å². The molecule has 0 aliphatic heterocycles. The van der Waals surface area contributed by atoms with E-state index in [1.165, 1.54) is 0 Å². The maximum Gasteiger partial charge on any atom is 0.255 e. The smallest absolute Gasteiger partial charge is 0.255 e. The van der Waals surface area contributed by atoms with Crippen molar-refractivity contribution in [2.45, 2.75) is 39.3 Å². The normalized spacial score (nSPS) is 11.4. The molecule has 4 N–H and O–H groups in total. The SMILES string of the molecule is COc1cc(CNCc2cn[nH]c2C(C)(C)C)ccc1OCC(N)=O. The lowest BCUT2D eigenvalue weighted by atomic mass is 9.89. The van der Waals surface area contributed by atoms with Gasteiger partial charge in [-0.15, -0.1) is 0 Å². The van der Waals surface area contributed by atoms with Gasteiger partial charge in [0.15, 0.2) is 18.1 Å². The molecular weight excluding hydrogens is 320 g/mol. The molecule has 1 aromatic heterocycles. The van der Waals surface area contributed by atoms with Crippen molar-refractivity contribution >= 4 is 5.91 Å². The van der Waals surface area contributed by atoms with Crippen molar-refractivity contribution in [3.05, 3.63) is 41.2 Å². The van der Waals surface area contributed by atoms with Gasteiger partial charge in [0.25, 0.3) is 5.91 Å². The van der Waals surface area contributed by atoms with Crippen molar-refractivity contribution in [3.63, 3.8) is 0 Å². The minimum atomic E-state index is -0.525. The number of nitrogens with one attached hydrogen (secondary N) is 2. The molecule has 0 aliphatic carbocycles. The number of carbonyl (C=O) groups is 1. The van der Waals surface area contributed by atoms with Crippen molar-refractivity contribution in [1.29, 1.82) is 0 Å². The lowest BCUT2D eigenvalue weighted by Gasteiger charge is -2.18. The number of aromatic amines is 1. The summed E-state index contributed by atoms with van der Waals surface area (Å²) in [6.45, 7) is 7.66. The van der Waals surface area contributed by atoms with Crippen LogP contribution in [0.2, 0.25) is 0 Å². The second-order valence-electron chi connectivity index (χ2n) is 6.86. The molecule has 25 heavy (non-hydrogen) atoms. The summed E-state index contributed by atoms with van der Waals surface area (Å²) in [5.41, 5.74) is 8.45. The van der Waals surface area contributed by atoms with Gasteiger partial charge in [0, 0.05) is 29.8 Å². The standard InChI is InChI=1S/C18H26N4O3/c1-18(2,3)17-13(10-21-22-17)9-20-8-12-5-6-14(15(7-12)24-4)25-11-16(19)23/h5-7,10,20H,8-9,11H2,1-4H3,(H2,19,23)(H,21,22). The fourth-order valence-corrected chi connectivity index (χ4v) is 2.53. The maximum atomic E-state index is 10.8. The molecule has 136 valence electrons. The van der Waals surface area contributed by atoms with E-state index in [0.29, 0.717) is 24.6 Å². The highest BCUT2D eigenvalue weighted by atomic mass is 16.5. The number of methoxy groups -OCH3 is 1. The molecule has 7 nitrogen and oxygen atoms in total. The fraction of sp³-hybridized carbons (Fsp3) is 0.444. The highest BCUT2D eigenvalue weighted by Gasteiger charge is 2.19. The molecule has 0 saturated heterocycles. The zero-order valence-electron chi connectivity index (χ0n) is 15.2. The van der Waals surface area contributed by atoms with Crippen LogP contribution in [0.25, 0.3) is 0 Å². The molecule has 0 aliphatic rings. The molecule has 7 heteroatoms. The maximum absolute atomic E-state index is 10.8. The van der Waals surface area contributed by atoms with Crippen LogP contribution >= 0.6 is 0 Å². The van der Waals surface area contributed by atoms with E-state index in [1.54, 1.807) is 13.2 Å². The topological polar surface area (TPSA) is 102 Å². The Balaban J connectivity index is 1.97. The van der Waals surface area contributed by atoms with Crippen LogP contribution in [0.15, 0.2) is 24.4 Å². The van der Waals surface area contributed by atoms with Crippen molar-refractivity contribution in [3.8, 4) is 11.5 Å². The first-order valence-corrected chi connectivity index (χ1v) is 8.12. The van der Waals surface area contributed by atoms with Crippen molar-refractivity contribution in [1.82, 2.24) is 15.5 Å². The van der Waals surface area contributed by atoms with Gasteiger partial charge in [-0.25, -0.2) is 0 Å². The zero-order valence-corrected chi connectivity index (χ0v) is 15.2. The van der Waals surface area contributed by atoms with E-state index in [9.17, 15) is 4.79 Å². The van der Waals surface area contributed by atoms with E-state index in [1.807, 2.05) is 18.3 Å². The molecule has 2 rings (SSSR count). The number of H-pyrrole nitrogens is 1. The van der Waals surface area contributed by atoms with E-state index >= 15 is 0 Å². The van der Waals surface area contributed by atoms with Crippen LogP contribution in [0.5, 0.6) is 11.5 Å². The van der Waals surface area contributed by atoms with E-state index in [0.717, 1.165) is 16.8 Å². The highest BCUT2D eigenvalue weighted by Crippen LogP contribution is 2.28. The van der Waals surface area contributed by atoms with Crippen LogP contribution in [-0.4, -0.2) is 29.8 Å². The Labute approximate surface area is 147 Å². The molecular formula is C18H26N4O3. The Morgan fingerprint density at radius 1 is 1.28 bits per heavy atom. The first kappa shape index (κ1) is 18.8. The number of carbonyl (C=O) groups excluding carboxylic acids is 1. The van der Waals surface area contributed by atoms with Crippen LogP contribution in [0.4, 0.5) is 0 Å². The highest BCUT2D eigenvalue weighted by molar-refractivity contribution is 5.75. The minimum absolute atomic E-state index is 0.0240. The van der Waals surface area contributed by atoms with Gasteiger partial charge in [0.05, 0.1) is 13.3 Å². The third-order valence-corrected chi connectivity index (χ3v) is 3.71. The lowest BCUT2D eigenvalue weighted by Crippen LogP contribution is -2.20. The van der Waals surface area contributed by atoms with Gasteiger partial charge in [0.1, 0.15) is 0 Å². The number of hydrogen-bond acceptors (Lipinski definition) is 5. The third kappa shape index (κ3) is 5.22. The summed E-state index contributed by atoms with van der Waals surface area (Å²) in [6, 6.07) is 5.58. The van der Waals surface area contributed by atoms with E-state index < -0.39 is 5.91 Å². The Morgan fingerprint density at radius 2 is 2.04 bits per heavy atom. The largest absolute Gasteiger partial charge is 0.493 e. The number of hydrogen-bond donors (Lipinski definition) is 3.